The molecule has 0 N–H and O–H groups in total. The van der Waals surface area contributed by atoms with Gasteiger partial charge < -0.3 is 4.57 Å². The second-order valence-electron chi connectivity index (χ2n) is 7.81. The van der Waals surface area contributed by atoms with Crippen LogP contribution >= 0.6 is 0 Å². The summed E-state index contributed by atoms with van der Waals surface area (Å²) in [5.74, 6) is -0.151. The van der Waals surface area contributed by atoms with Crippen LogP contribution < -0.4 is 0 Å². The largest absolute Gasteiger partial charge is 0.344 e. The van der Waals surface area contributed by atoms with Gasteiger partial charge in [0.05, 0.1) is 0 Å². The number of fused-ring (bicyclic) bond motifs is 3. The lowest BCUT2D eigenvalue weighted by Crippen LogP contribution is -2.38. The molecule has 0 amide bonds. The van der Waals surface area contributed by atoms with Gasteiger partial charge in [0.2, 0.25) is 0 Å². The highest BCUT2D eigenvalue weighted by molar-refractivity contribution is 5.87. The topological polar surface area (TPSA) is 8.17 Å². The standard InChI is InChI=1S/C23H27FN2/c1-15-8-9-21-20(12-15)23-17(3)25(4)16(2)13-22(23)26(21)11-10-18-6-5-7-19(24)14-18/h5-9,12,14,16-17H,10-11,13H2,1-4H3. The Kier molecular flexibility index (Phi) is 4.36. The van der Waals surface area contributed by atoms with Crippen LogP contribution in [0.3, 0.4) is 0 Å². The number of halogens is 1. The molecule has 2 heterocycles. The quantitative estimate of drug-likeness (QED) is 0.625. The molecular formula is C23H27FN2. The zero-order chi connectivity index (χ0) is 18.4. The Morgan fingerprint density at radius 1 is 1.12 bits per heavy atom. The molecule has 0 spiro atoms. The van der Waals surface area contributed by atoms with Crippen molar-refractivity contribution in [3.05, 3.63) is 70.7 Å². The molecule has 0 aliphatic carbocycles. The maximum Gasteiger partial charge on any atom is 0.123 e. The van der Waals surface area contributed by atoms with E-state index in [0.29, 0.717) is 12.1 Å². The third-order valence-corrected chi connectivity index (χ3v) is 6.10. The molecule has 2 nitrogen and oxygen atoms in total. The molecule has 4 rings (SSSR count). The first-order valence-electron chi connectivity index (χ1n) is 9.53. The number of likely N-dealkylation sites (N-methyl/N-ethyl adjacent to an activating group) is 1. The van der Waals surface area contributed by atoms with Crippen molar-refractivity contribution in [3.8, 4) is 0 Å². The fourth-order valence-electron chi connectivity index (χ4n) is 4.43. The molecule has 0 bridgehead atoms. The predicted molar refractivity (Wildman–Crippen MR) is 106 cm³/mol. The van der Waals surface area contributed by atoms with Gasteiger partial charge in [-0.25, -0.2) is 4.39 Å². The molecular weight excluding hydrogens is 323 g/mol. The summed E-state index contributed by atoms with van der Waals surface area (Å²) in [5, 5.41) is 1.38. The Bertz CT molecular complexity index is 956. The van der Waals surface area contributed by atoms with Crippen LogP contribution in [0.2, 0.25) is 0 Å². The van der Waals surface area contributed by atoms with E-state index < -0.39 is 0 Å². The third kappa shape index (κ3) is 2.84. The highest BCUT2D eigenvalue weighted by atomic mass is 19.1. The van der Waals surface area contributed by atoms with Gasteiger partial charge in [-0.1, -0.05) is 23.8 Å². The highest BCUT2D eigenvalue weighted by Gasteiger charge is 2.31. The zero-order valence-electron chi connectivity index (χ0n) is 16.1. The first kappa shape index (κ1) is 17.3. The van der Waals surface area contributed by atoms with Gasteiger partial charge >= 0.3 is 0 Å². The van der Waals surface area contributed by atoms with E-state index in [2.05, 4.69) is 55.5 Å². The normalized spacial score (nSPS) is 20.5. The van der Waals surface area contributed by atoms with Crippen LogP contribution in [0.1, 0.15) is 42.3 Å². The van der Waals surface area contributed by atoms with Crippen LogP contribution in [-0.4, -0.2) is 22.6 Å². The van der Waals surface area contributed by atoms with E-state index in [1.165, 1.54) is 33.8 Å². The Labute approximate surface area is 155 Å². The van der Waals surface area contributed by atoms with Gasteiger partial charge in [-0.15, -0.1) is 0 Å². The van der Waals surface area contributed by atoms with Crippen LogP contribution in [0.5, 0.6) is 0 Å². The van der Waals surface area contributed by atoms with E-state index in [4.69, 9.17) is 0 Å². The lowest BCUT2D eigenvalue weighted by atomic mass is 9.93. The van der Waals surface area contributed by atoms with Crippen molar-refractivity contribution >= 4 is 10.9 Å². The minimum Gasteiger partial charge on any atom is -0.344 e. The lowest BCUT2D eigenvalue weighted by Gasteiger charge is -2.37. The van der Waals surface area contributed by atoms with Crippen LogP contribution in [0.4, 0.5) is 4.39 Å². The molecule has 1 aliphatic rings. The fourth-order valence-corrected chi connectivity index (χ4v) is 4.43. The van der Waals surface area contributed by atoms with E-state index in [0.717, 1.165) is 24.9 Å². The second kappa shape index (κ2) is 6.55. The minimum atomic E-state index is -0.151. The molecule has 1 aromatic heterocycles. The fraction of sp³-hybridized carbons (Fsp3) is 0.391. The molecule has 0 radical (unpaired) electrons. The molecule has 2 unspecified atom stereocenters. The number of hydrogen-bond acceptors (Lipinski definition) is 1. The van der Waals surface area contributed by atoms with Crippen molar-refractivity contribution in [3.63, 3.8) is 0 Å². The first-order chi connectivity index (χ1) is 12.5. The SMILES string of the molecule is Cc1ccc2c(c1)c1c(n2CCc2cccc(F)c2)CC(C)N(C)C1C. The summed E-state index contributed by atoms with van der Waals surface area (Å²) >= 11 is 0. The summed E-state index contributed by atoms with van der Waals surface area (Å²) in [6, 6.07) is 14.7. The number of hydrogen-bond donors (Lipinski definition) is 0. The van der Waals surface area contributed by atoms with E-state index in [-0.39, 0.29) is 5.82 Å². The number of rotatable bonds is 3. The summed E-state index contributed by atoms with van der Waals surface area (Å²) < 4.78 is 16.0. The summed E-state index contributed by atoms with van der Waals surface area (Å²) in [7, 11) is 2.23. The summed E-state index contributed by atoms with van der Waals surface area (Å²) in [6.07, 6.45) is 1.91. The maximum absolute atomic E-state index is 13.5. The van der Waals surface area contributed by atoms with Crippen LogP contribution in [0.25, 0.3) is 10.9 Å². The van der Waals surface area contributed by atoms with Crippen molar-refractivity contribution in [2.75, 3.05) is 7.05 Å². The molecule has 136 valence electrons. The maximum atomic E-state index is 13.5. The smallest absolute Gasteiger partial charge is 0.123 e. The van der Waals surface area contributed by atoms with Crippen molar-refractivity contribution in [1.82, 2.24) is 9.47 Å². The van der Waals surface area contributed by atoms with Crippen molar-refractivity contribution in [1.29, 1.82) is 0 Å². The Morgan fingerprint density at radius 3 is 2.69 bits per heavy atom. The van der Waals surface area contributed by atoms with Crippen LogP contribution in [-0.2, 0) is 19.4 Å². The average molecular weight is 350 g/mol. The van der Waals surface area contributed by atoms with Crippen LogP contribution in [0.15, 0.2) is 42.5 Å². The molecule has 1 aliphatic heterocycles. The van der Waals surface area contributed by atoms with Crippen molar-refractivity contribution < 1.29 is 4.39 Å². The van der Waals surface area contributed by atoms with Gasteiger partial charge in [-0.2, -0.15) is 0 Å². The molecule has 3 heteroatoms. The molecule has 2 atom stereocenters. The number of aryl methyl sites for hydroxylation is 3. The Hall–Kier alpha value is -2.13. The molecule has 3 aromatic rings. The predicted octanol–water partition coefficient (Wildman–Crippen LogP) is 5.27. The van der Waals surface area contributed by atoms with Gasteiger partial charge in [0.15, 0.2) is 0 Å². The monoisotopic (exact) mass is 350 g/mol. The molecule has 26 heavy (non-hydrogen) atoms. The molecule has 0 saturated carbocycles. The third-order valence-electron chi connectivity index (χ3n) is 6.10. The van der Waals surface area contributed by atoms with Gasteiger partial charge in [-0.3, -0.25) is 4.90 Å². The van der Waals surface area contributed by atoms with Crippen molar-refractivity contribution in [2.45, 2.75) is 52.2 Å². The average Bonchev–Trinajstić information content (AvgIpc) is 2.90. The van der Waals surface area contributed by atoms with Gasteiger partial charge in [0, 0.05) is 41.6 Å². The molecule has 2 aromatic carbocycles. The van der Waals surface area contributed by atoms with E-state index in [1.807, 2.05) is 6.07 Å². The first-order valence-corrected chi connectivity index (χ1v) is 9.53. The summed E-state index contributed by atoms with van der Waals surface area (Å²) in [5.41, 5.74) is 6.60. The van der Waals surface area contributed by atoms with Gasteiger partial charge in [-0.05, 0) is 69.6 Å². The van der Waals surface area contributed by atoms with E-state index >= 15 is 0 Å². The van der Waals surface area contributed by atoms with Crippen molar-refractivity contribution in [2.24, 2.45) is 0 Å². The Morgan fingerprint density at radius 2 is 1.92 bits per heavy atom. The van der Waals surface area contributed by atoms with Gasteiger partial charge in [0.1, 0.15) is 5.82 Å². The summed E-state index contributed by atoms with van der Waals surface area (Å²) in [4.78, 5) is 2.47. The highest BCUT2D eigenvalue weighted by Crippen LogP contribution is 2.39. The van der Waals surface area contributed by atoms with Gasteiger partial charge in [0.25, 0.3) is 0 Å². The van der Waals surface area contributed by atoms with E-state index in [9.17, 15) is 4.39 Å². The number of aromatic nitrogens is 1. The second-order valence-corrected chi connectivity index (χ2v) is 7.81. The van der Waals surface area contributed by atoms with E-state index in [1.54, 1.807) is 12.1 Å². The summed E-state index contributed by atoms with van der Waals surface area (Å²) in [6.45, 7) is 7.67. The zero-order valence-corrected chi connectivity index (χ0v) is 16.1. The molecule has 0 fully saturated rings. The minimum absolute atomic E-state index is 0.151. The Balaban J connectivity index is 1.80. The number of nitrogens with zero attached hydrogens (tertiary/aromatic N) is 2. The number of benzene rings is 2. The molecule has 0 saturated heterocycles. The van der Waals surface area contributed by atoms with Crippen LogP contribution in [0, 0.1) is 12.7 Å². The lowest BCUT2D eigenvalue weighted by molar-refractivity contribution is 0.177.